The standard InChI is InChI=1S/C25H28N4O4S/c1-27(23-7-3-4-8-24(23)33-2)34(31,32)22-11-9-21(10-12-22)25(30)29-16-14-28(15-17-29)19-20-6-5-13-26-18-20/h3-13,18H,14-17,19H2,1-2H3. The van der Waals surface area contributed by atoms with Crippen molar-refractivity contribution in [2.75, 3.05) is 44.6 Å². The van der Waals surface area contributed by atoms with Crippen LogP contribution in [0, 0.1) is 0 Å². The molecule has 4 rings (SSSR count). The summed E-state index contributed by atoms with van der Waals surface area (Å²) in [4.78, 5) is 21.4. The van der Waals surface area contributed by atoms with Gasteiger partial charge in [0.05, 0.1) is 17.7 Å². The van der Waals surface area contributed by atoms with Crippen molar-refractivity contribution in [2.45, 2.75) is 11.4 Å². The summed E-state index contributed by atoms with van der Waals surface area (Å²) in [7, 11) is -0.831. The molecule has 1 aromatic heterocycles. The second kappa shape index (κ2) is 10.2. The Balaban J connectivity index is 1.41. The summed E-state index contributed by atoms with van der Waals surface area (Å²) in [5, 5.41) is 0. The molecule has 1 saturated heterocycles. The highest BCUT2D eigenvalue weighted by molar-refractivity contribution is 7.92. The van der Waals surface area contributed by atoms with E-state index < -0.39 is 10.0 Å². The van der Waals surface area contributed by atoms with Crippen molar-refractivity contribution in [3.8, 4) is 5.75 Å². The van der Waals surface area contributed by atoms with Crippen molar-refractivity contribution < 1.29 is 17.9 Å². The number of pyridine rings is 1. The first-order chi connectivity index (χ1) is 16.4. The number of nitrogens with zero attached hydrogens (tertiary/aromatic N) is 4. The fraction of sp³-hybridized carbons (Fsp3) is 0.280. The molecule has 2 aromatic carbocycles. The Kier molecular flexibility index (Phi) is 7.14. The number of hydrogen-bond donors (Lipinski definition) is 0. The molecule has 8 nitrogen and oxygen atoms in total. The number of methoxy groups -OCH3 is 1. The summed E-state index contributed by atoms with van der Waals surface area (Å²) in [6.45, 7) is 3.60. The Bertz CT molecular complexity index is 1230. The van der Waals surface area contributed by atoms with Gasteiger partial charge in [-0.2, -0.15) is 0 Å². The maximum Gasteiger partial charge on any atom is 0.264 e. The summed E-state index contributed by atoms with van der Waals surface area (Å²) < 4.78 is 32.7. The predicted octanol–water partition coefficient (Wildman–Crippen LogP) is 2.87. The first-order valence-electron chi connectivity index (χ1n) is 11.0. The molecule has 178 valence electrons. The van der Waals surface area contributed by atoms with E-state index in [0.29, 0.717) is 30.1 Å². The van der Waals surface area contributed by atoms with Crippen LogP contribution in [-0.2, 0) is 16.6 Å². The van der Waals surface area contributed by atoms with E-state index in [4.69, 9.17) is 4.74 Å². The topological polar surface area (TPSA) is 83.0 Å². The normalized spacial score (nSPS) is 14.6. The van der Waals surface area contributed by atoms with E-state index in [1.165, 1.54) is 30.6 Å². The van der Waals surface area contributed by atoms with Crippen molar-refractivity contribution in [2.24, 2.45) is 0 Å². The lowest BCUT2D eigenvalue weighted by Crippen LogP contribution is -2.48. The van der Waals surface area contributed by atoms with Gasteiger partial charge in [0, 0.05) is 57.7 Å². The molecule has 0 atom stereocenters. The van der Waals surface area contributed by atoms with Crippen molar-refractivity contribution in [3.05, 3.63) is 84.2 Å². The molecule has 1 aliphatic rings. The fourth-order valence-electron chi connectivity index (χ4n) is 3.99. The highest BCUT2D eigenvalue weighted by atomic mass is 32.2. The first kappa shape index (κ1) is 23.7. The molecule has 34 heavy (non-hydrogen) atoms. The number of carbonyl (C=O) groups excluding carboxylic acids is 1. The maximum atomic E-state index is 13.1. The van der Waals surface area contributed by atoms with Crippen molar-refractivity contribution in [1.82, 2.24) is 14.8 Å². The highest BCUT2D eigenvalue weighted by Gasteiger charge is 2.26. The minimum absolute atomic E-state index is 0.0944. The van der Waals surface area contributed by atoms with E-state index in [-0.39, 0.29) is 10.8 Å². The molecule has 1 amide bonds. The quantitative estimate of drug-likeness (QED) is 0.517. The van der Waals surface area contributed by atoms with Crippen LogP contribution in [0.15, 0.2) is 78.0 Å². The minimum atomic E-state index is -3.81. The zero-order valence-corrected chi connectivity index (χ0v) is 20.1. The molecular weight excluding hydrogens is 452 g/mol. The van der Waals surface area contributed by atoms with Crippen LogP contribution < -0.4 is 9.04 Å². The summed E-state index contributed by atoms with van der Waals surface area (Å²) in [6, 6.07) is 17.0. The van der Waals surface area contributed by atoms with Gasteiger partial charge in [0.1, 0.15) is 5.75 Å². The van der Waals surface area contributed by atoms with Crippen molar-refractivity contribution in [3.63, 3.8) is 0 Å². The molecule has 1 fully saturated rings. The molecule has 0 N–H and O–H groups in total. The number of anilines is 1. The number of rotatable bonds is 7. The second-order valence-corrected chi connectivity index (χ2v) is 10.1. The van der Waals surface area contributed by atoms with Crippen LogP contribution in [0.4, 0.5) is 5.69 Å². The zero-order valence-electron chi connectivity index (χ0n) is 19.3. The van der Waals surface area contributed by atoms with E-state index in [2.05, 4.69) is 9.88 Å². The first-order valence-corrected chi connectivity index (χ1v) is 12.5. The molecule has 0 spiro atoms. The van der Waals surface area contributed by atoms with Crippen LogP contribution in [0.1, 0.15) is 15.9 Å². The number of benzene rings is 2. The average molecular weight is 481 g/mol. The zero-order chi connectivity index (χ0) is 24.1. The molecule has 0 bridgehead atoms. The molecule has 2 heterocycles. The Labute approximate surface area is 200 Å². The lowest BCUT2D eigenvalue weighted by molar-refractivity contribution is 0.0628. The van der Waals surface area contributed by atoms with E-state index in [1.54, 1.807) is 42.6 Å². The molecule has 0 aliphatic carbocycles. The van der Waals surface area contributed by atoms with Gasteiger partial charge < -0.3 is 9.64 Å². The SMILES string of the molecule is COc1ccccc1N(C)S(=O)(=O)c1ccc(C(=O)N2CCN(Cc3cccnc3)CC2)cc1. The van der Waals surface area contributed by atoms with Gasteiger partial charge in [0.15, 0.2) is 0 Å². The third-order valence-corrected chi connectivity index (χ3v) is 7.76. The van der Waals surface area contributed by atoms with Gasteiger partial charge in [0.2, 0.25) is 0 Å². The monoisotopic (exact) mass is 480 g/mol. The Hall–Kier alpha value is -3.43. The number of hydrogen-bond acceptors (Lipinski definition) is 6. The second-order valence-electron chi connectivity index (χ2n) is 8.10. The molecule has 9 heteroatoms. The van der Waals surface area contributed by atoms with Gasteiger partial charge >= 0.3 is 0 Å². The smallest absolute Gasteiger partial charge is 0.264 e. The van der Waals surface area contributed by atoms with Gasteiger partial charge in [-0.3, -0.25) is 19.0 Å². The van der Waals surface area contributed by atoms with Gasteiger partial charge in [-0.1, -0.05) is 18.2 Å². The van der Waals surface area contributed by atoms with Crippen molar-refractivity contribution in [1.29, 1.82) is 0 Å². The van der Waals surface area contributed by atoms with E-state index >= 15 is 0 Å². The molecule has 0 unspecified atom stereocenters. The van der Waals surface area contributed by atoms with E-state index in [9.17, 15) is 13.2 Å². The molecule has 3 aromatic rings. The number of aromatic nitrogens is 1. The van der Waals surface area contributed by atoms with Crippen LogP contribution >= 0.6 is 0 Å². The van der Waals surface area contributed by atoms with Crippen LogP contribution in [-0.4, -0.2) is 69.4 Å². The molecule has 1 aliphatic heterocycles. The maximum absolute atomic E-state index is 13.1. The van der Waals surface area contributed by atoms with Gasteiger partial charge in [-0.05, 0) is 48.0 Å². The summed E-state index contributed by atoms with van der Waals surface area (Å²) in [5.74, 6) is 0.367. The number of piperazine rings is 1. The van der Waals surface area contributed by atoms with Crippen LogP contribution in [0.3, 0.4) is 0 Å². The Morgan fingerprint density at radius 3 is 2.35 bits per heavy atom. The van der Waals surface area contributed by atoms with E-state index in [0.717, 1.165) is 25.2 Å². The Morgan fingerprint density at radius 2 is 1.71 bits per heavy atom. The van der Waals surface area contributed by atoms with Gasteiger partial charge in [0.25, 0.3) is 15.9 Å². The molecule has 0 saturated carbocycles. The average Bonchev–Trinajstić information content (AvgIpc) is 2.89. The number of sulfonamides is 1. The number of ether oxygens (including phenoxy) is 1. The van der Waals surface area contributed by atoms with Crippen LogP contribution in [0.5, 0.6) is 5.75 Å². The summed E-state index contributed by atoms with van der Waals surface area (Å²) in [6.07, 6.45) is 3.62. The lowest BCUT2D eigenvalue weighted by Gasteiger charge is -2.34. The largest absolute Gasteiger partial charge is 0.495 e. The number of para-hydroxylation sites is 2. The number of amides is 1. The van der Waals surface area contributed by atoms with Crippen LogP contribution in [0.2, 0.25) is 0 Å². The summed E-state index contributed by atoms with van der Waals surface area (Å²) >= 11 is 0. The highest BCUT2D eigenvalue weighted by Crippen LogP contribution is 2.31. The molecule has 0 radical (unpaired) electrons. The van der Waals surface area contributed by atoms with E-state index in [1.807, 2.05) is 23.2 Å². The van der Waals surface area contributed by atoms with Crippen molar-refractivity contribution >= 4 is 21.6 Å². The minimum Gasteiger partial charge on any atom is -0.495 e. The molecular formula is C25H28N4O4S. The lowest BCUT2D eigenvalue weighted by atomic mass is 10.1. The number of carbonyl (C=O) groups is 1. The summed E-state index contributed by atoms with van der Waals surface area (Å²) in [5.41, 5.74) is 2.06. The van der Waals surface area contributed by atoms with Gasteiger partial charge in [-0.15, -0.1) is 0 Å². The fourth-order valence-corrected chi connectivity index (χ4v) is 5.19. The third kappa shape index (κ3) is 5.05. The van der Waals surface area contributed by atoms with Gasteiger partial charge in [-0.25, -0.2) is 8.42 Å². The van der Waals surface area contributed by atoms with Crippen LogP contribution in [0.25, 0.3) is 0 Å². The third-order valence-electron chi connectivity index (χ3n) is 5.97. The predicted molar refractivity (Wildman–Crippen MR) is 130 cm³/mol. The Morgan fingerprint density at radius 1 is 1.00 bits per heavy atom.